The fraction of sp³-hybridized carbons (Fsp3) is 0.368. The Morgan fingerprint density at radius 2 is 1.83 bits per heavy atom. The second-order valence-corrected chi connectivity index (χ2v) is 6.01. The molecule has 2 aromatic carbocycles. The fourth-order valence-corrected chi connectivity index (χ4v) is 3.43. The van der Waals surface area contributed by atoms with Crippen molar-refractivity contribution in [3.8, 4) is 11.5 Å². The van der Waals surface area contributed by atoms with Crippen LogP contribution in [0.5, 0.6) is 11.5 Å². The highest BCUT2D eigenvalue weighted by Gasteiger charge is 2.29. The van der Waals surface area contributed by atoms with Crippen LogP contribution in [-0.4, -0.2) is 26.3 Å². The summed E-state index contributed by atoms with van der Waals surface area (Å²) < 4.78 is 11.5. The van der Waals surface area contributed by atoms with Crippen LogP contribution in [0, 0.1) is 0 Å². The first-order chi connectivity index (χ1) is 11.4. The molecule has 1 unspecified atom stereocenters. The van der Waals surface area contributed by atoms with Gasteiger partial charge in [0.25, 0.3) is 0 Å². The van der Waals surface area contributed by atoms with Gasteiger partial charge in [-0.05, 0) is 12.0 Å². The number of benzene rings is 2. The van der Waals surface area contributed by atoms with Gasteiger partial charge < -0.3 is 19.7 Å². The molecule has 2 heterocycles. The van der Waals surface area contributed by atoms with Crippen molar-refractivity contribution < 1.29 is 9.47 Å². The van der Waals surface area contributed by atoms with E-state index in [1.165, 1.54) is 11.3 Å². The van der Waals surface area contributed by atoms with E-state index in [2.05, 4.69) is 59.6 Å². The summed E-state index contributed by atoms with van der Waals surface area (Å²) in [6.45, 7) is 5.39. The highest BCUT2D eigenvalue weighted by atomic mass is 16.6. The molecule has 0 amide bonds. The summed E-state index contributed by atoms with van der Waals surface area (Å²) >= 11 is 0. The van der Waals surface area contributed by atoms with E-state index >= 15 is 0 Å². The molecule has 4 rings (SSSR count). The van der Waals surface area contributed by atoms with Gasteiger partial charge in [0, 0.05) is 25.2 Å². The quantitative estimate of drug-likeness (QED) is 0.934. The minimum Gasteiger partial charge on any atom is -0.486 e. The first-order valence-corrected chi connectivity index (χ1v) is 8.36. The van der Waals surface area contributed by atoms with Crippen LogP contribution in [0.4, 0.5) is 11.4 Å². The minimum absolute atomic E-state index is 0.339. The van der Waals surface area contributed by atoms with Crippen molar-refractivity contribution in [1.29, 1.82) is 0 Å². The van der Waals surface area contributed by atoms with Crippen molar-refractivity contribution in [3.05, 3.63) is 48.0 Å². The molecule has 0 spiro atoms. The van der Waals surface area contributed by atoms with Gasteiger partial charge in [0.05, 0.1) is 17.4 Å². The number of nitrogens with zero attached hydrogens (tertiary/aromatic N) is 1. The second kappa shape index (κ2) is 6.03. The van der Waals surface area contributed by atoms with E-state index in [1.54, 1.807) is 0 Å². The highest BCUT2D eigenvalue weighted by Crippen LogP contribution is 2.44. The van der Waals surface area contributed by atoms with Gasteiger partial charge in [-0.1, -0.05) is 37.3 Å². The Morgan fingerprint density at radius 1 is 1.09 bits per heavy atom. The molecular formula is C19H22N2O2. The van der Waals surface area contributed by atoms with Crippen LogP contribution in [-0.2, 0) is 0 Å². The zero-order valence-electron chi connectivity index (χ0n) is 13.4. The van der Waals surface area contributed by atoms with Crippen molar-refractivity contribution in [1.82, 2.24) is 0 Å². The maximum Gasteiger partial charge on any atom is 0.163 e. The molecule has 23 heavy (non-hydrogen) atoms. The standard InChI is InChI=1S/C19H22N2O2/c1-2-8-21-16-12-19-18(22-9-10-23-19)11-15(16)20-13-17(21)14-6-4-3-5-7-14/h3-7,11-12,17,20H,2,8-10,13H2,1H3. The summed E-state index contributed by atoms with van der Waals surface area (Å²) in [5.41, 5.74) is 3.68. The molecule has 2 aliphatic heterocycles. The van der Waals surface area contributed by atoms with Crippen LogP contribution in [0.25, 0.3) is 0 Å². The summed E-state index contributed by atoms with van der Waals surface area (Å²) in [4.78, 5) is 2.49. The van der Waals surface area contributed by atoms with Gasteiger partial charge in [0.15, 0.2) is 11.5 Å². The molecule has 0 saturated heterocycles. The molecule has 1 N–H and O–H groups in total. The lowest BCUT2D eigenvalue weighted by Gasteiger charge is -2.40. The van der Waals surface area contributed by atoms with Crippen LogP contribution in [0.2, 0.25) is 0 Å². The van der Waals surface area contributed by atoms with Gasteiger partial charge in [0.1, 0.15) is 13.2 Å². The minimum atomic E-state index is 0.339. The predicted octanol–water partition coefficient (Wildman–Crippen LogP) is 3.84. The first-order valence-electron chi connectivity index (χ1n) is 8.36. The van der Waals surface area contributed by atoms with Crippen LogP contribution in [0.15, 0.2) is 42.5 Å². The number of ether oxygens (including phenoxy) is 2. The Morgan fingerprint density at radius 3 is 2.57 bits per heavy atom. The van der Waals surface area contributed by atoms with Crippen LogP contribution in [0.3, 0.4) is 0 Å². The van der Waals surface area contributed by atoms with Gasteiger partial charge >= 0.3 is 0 Å². The molecule has 4 nitrogen and oxygen atoms in total. The van der Waals surface area contributed by atoms with Crippen molar-refractivity contribution in [3.63, 3.8) is 0 Å². The third-order valence-electron chi connectivity index (χ3n) is 4.48. The molecule has 2 aliphatic rings. The third kappa shape index (κ3) is 2.58. The summed E-state index contributed by atoms with van der Waals surface area (Å²) in [7, 11) is 0. The molecule has 0 aliphatic carbocycles. The number of rotatable bonds is 3. The van der Waals surface area contributed by atoms with E-state index < -0.39 is 0 Å². The predicted molar refractivity (Wildman–Crippen MR) is 92.7 cm³/mol. The van der Waals surface area contributed by atoms with Crippen LogP contribution >= 0.6 is 0 Å². The number of nitrogens with one attached hydrogen (secondary N) is 1. The first kappa shape index (κ1) is 14.2. The van der Waals surface area contributed by atoms with E-state index in [0.29, 0.717) is 19.3 Å². The van der Waals surface area contributed by atoms with Gasteiger partial charge in [-0.2, -0.15) is 0 Å². The summed E-state index contributed by atoms with van der Waals surface area (Å²) in [6.07, 6.45) is 1.11. The Bertz CT molecular complexity index is 687. The monoisotopic (exact) mass is 310 g/mol. The zero-order valence-corrected chi connectivity index (χ0v) is 13.4. The van der Waals surface area contributed by atoms with Crippen molar-refractivity contribution >= 4 is 11.4 Å². The van der Waals surface area contributed by atoms with Crippen LogP contribution in [0.1, 0.15) is 24.9 Å². The summed E-state index contributed by atoms with van der Waals surface area (Å²) in [6, 6.07) is 15.2. The second-order valence-electron chi connectivity index (χ2n) is 6.01. The van der Waals surface area contributed by atoms with E-state index in [1.807, 2.05) is 0 Å². The van der Waals surface area contributed by atoms with Crippen LogP contribution < -0.4 is 19.7 Å². The van der Waals surface area contributed by atoms with E-state index in [0.717, 1.165) is 36.7 Å². The number of hydrogen-bond acceptors (Lipinski definition) is 4. The third-order valence-corrected chi connectivity index (χ3v) is 4.48. The SMILES string of the molecule is CCCN1c2cc3c(cc2NCC1c1ccccc1)OCCO3. The molecule has 4 heteroatoms. The van der Waals surface area contributed by atoms with Crippen molar-refractivity contribution in [2.45, 2.75) is 19.4 Å². The largest absolute Gasteiger partial charge is 0.486 e. The van der Waals surface area contributed by atoms with Gasteiger partial charge in [-0.25, -0.2) is 0 Å². The smallest absolute Gasteiger partial charge is 0.163 e. The Hall–Kier alpha value is -2.36. The van der Waals surface area contributed by atoms with Gasteiger partial charge in [0.2, 0.25) is 0 Å². The molecular weight excluding hydrogens is 288 g/mol. The molecule has 0 radical (unpaired) electrons. The molecule has 1 atom stereocenters. The maximum absolute atomic E-state index is 5.78. The Labute approximate surface area is 137 Å². The van der Waals surface area contributed by atoms with Crippen molar-refractivity contribution in [2.75, 3.05) is 36.5 Å². The van der Waals surface area contributed by atoms with Gasteiger partial charge in [-0.3, -0.25) is 0 Å². The summed E-state index contributed by atoms with van der Waals surface area (Å²) in [5.74, 6) is 1.70. The average Bonchev–Trinajstić information content (AvgIpc) is 2.61. The normalized spacial score (nSPS) is 19.0. The molecule has 0 aromatic heterocycles. The van der Waals surface area contributed by atoms with E-state index in [4.69, 9.17) is 9.47 Å². The average molecular weight is 310 g/mol. The molecule has 0 fully saturated rings. The molecule has 0 bridgehead atoms. The Kier molecular flexibility index (Phi) is 3.74. The zero-order chi connectivity index (χ0) is 15.6. The number of hydrogen-bond donors (Lipinski definition) is 1. The topological polar surface area (TPSA) is 33.7 Å². The molecule has 120 valence electrons. The maximum atomic E-state index is 5.78. The van der Waals surface area contributed by atoms with E-state index in [9.17, 15) is 0 Å². The lowest BCUT2D eigenvalue weighted by atomic mass is 10.0. The number of fused-ring (bicyclic) bond motifs is 2. The highest BCUT2D eigenvalue weighted by molar-refractivity contribution is 5.78. The van der Waals surface area contributed by atoms with E-state index in [-0.39, 0.29) is 0 Å². The van der Waals surface area contributed by atoms with Crippen molar-refractivity contribution in [2.24, 2.45) is 0 Å². The molecule has 0 saturated carbocycles. The Balaban J connectivity index is 1.75. The lowest BCUT2D eigenvalue weighted by Crippen LogP contribution is -2.38. The molecule has 2 aromatic rings. The fourth-order valence-electron chi connectivity index (χ4n) is 3.43. The number of anilines is 2. The lowest BCUT2D eigenvalue weighted by molar-refractivity contribution is 0.171. The summed E-state index contributed by atoms with van der Waals surface area (Å²) in [5, 5.41) is 3.57. The van der Waals surface area contributed by atoms with Gasteiger partial charge in [-0.15, -0.1) is 0 Å².